The van der Waals surface area contributed by atoms with E-state index in [9.17, 15) is 0 Å². The van der Waals surface area contributed by atoms with E-state index in [-0.39, 0.29) is 5.38 Å². The van der Waals surface area contributed by atoms with Crippen molar-refractivity contribution >= 4 is 11.6 Å². The molecule has 1 aliphatic rings. The van der Waals surface area contributed by atoms with Crippen LogP contribution in [0.4, 0.5) is 0 Å². The zero-order valence-electron chi connectivity index (χ0n) is 10.2. The van der Waals surface area contributed by atoms with E-state index in [0.717, 1.165) is 13.0 Å². The Morgan fingerprint density at radius 2 is 2.06 bits per heavy atom. The molecule has 88 valence electrons. The highest BCUT2D eigenvalue weighted by atomic mass is 35.5. The van der Waals surface area contributed by atoms with Gasteiger partial charge in [-0.3, -0.25) is 0 Å². The van der Waals surface area contributed by atoms with E-state index in [0.29, 0.717) is 12.0 Å². The summed E-state index contributed by atoms with van der Waals surface area (Å²) in [4.78, 5) is 0. The number of rotatable bonds is 2. The van der Waals surface area contributed by atoms with Crippen LogP contribution >= 0.6 is 11.6 Å². The van der Waals surface area contributed by atoms with Gasteiger partial charge in [-0.1, -0.05) is 18.2 Å². The summed E-state index contributed by atoms with van der Waals surface area (Å²) in [7, 11) is 0. The lowest BCUT2D eigenvalue weighted by atomic mass is 9.94. The lowest BCUT2D eigenvalue weighted by Crippen LogP contribution is -2.08. The quantitative estimate of drug-likeness (QED) is 0.708. The maximum atomic E-state index is 6.52. The highest BCUT2D eigenvalue weighted by Gasteiger charge is 2.29. The van der Waals surface area contributed by atoms with Crippen LogP contribution in [0.2, 0.25) is 0 Å². The van der Waals surface area contributed by atoms with E-state index in [1.807, 2.05) is 0 Å². The third-order valence-corrected chi connectivity index (χ3v) is 4.10. The molecule has 2 heteroatoms. The molecule has 1 aromatic carbocycles. The van der Waals surface area contributed by atoms with Crippen LogP contribution in [0.1, 0.15) is 35.4 Å². The number of alkyl halides is 1. The van der Waals surface area contributed by atoms with Gasteiger partial charge >= 0.3 is 0 Å². The Hall–Kier alpha value is -0.530. The maximum Gasteiger partial charge on any atom is 0.0636 e. The van der Waals surface area contributed by atoms with Crippen LogP contribution in [0.3, 0.4) is 0 Å². The zero-order valence-corrected chi connectivity index (χ0v) is 10.9. The fraction of sp³-hybridized carbons (Fsp3) is 0.571. The minimum absolute atomic E-state index is 0.0873. The van der Waals surface area contributed by atoms with Gasteiger partial charge in [-0.15, -0.1) is 11.6 Å². The van der Waals surface area contributed by atoms with Gasteiger partial charge in [0.05, 0.1) is 18.1 Å². The Morgan fingerprint density at radius 3 is 2.62 bits per heavy atom. The normalized spacial score (nSPS) is 27.0. The van der Waals surface area contributed by atoms with Crippen LogP contribution in [-0.2, 0) is 4.74 Å². The van der Waals surface area contributed by atoms with E-state index in [4.69, 9.17) is 16.3 Å². The van der Waals surface area contributed by atoms with E-state index in [1.165, 1.54) is 16.7 Å². The molecule has 1 aliphatic heterocycles. The molecule has 0 aliphatic carbocycles. The van der Waals surface area contributed by atoms with E-state index < -0.39 is 0 Å². The Bertz CT molecular complexity index is 375. The summed E-state index contributed by atoms with van der Waals surface area (Å²) in [6.07, 6.45) is 1.43. The van der Waals surface area contributed by atoms with Crippen molar-refractivity contribution in [2.45, 2.75) is 38.7 Å². The summed E-state index contributed by atoms with van der Waals surface area (Å²) in [6, 6.07) is 6.50. The summed E-state index contributed by atoms with van der Waals surface area (Å²) in [5.41, 5.74) is 3.87. The van der Waals surface area contributed by atoms with Gasteiger partial charge in [-0.05, 0) is 43.9 Å². The van der Waals surface area contributed by atoms with Crippen LogP contribution in [0.15, 0.2) is 18.2 Å². The SMILES string of the molecule is Cc1ccc(C(Cl)C2COC(C)C2)cc1C. The summed E-state index contributed by atoms with van der Waals surface area (Å²) in [6.45, 7) is 7.17. The van der Waals surface area contributed by atoms with Gasteiger partial charge < -0.3 is 4.74 Å². The number of hydrogen-bond acceptors (Lipinski definition) is 1. The molecule has 0 radical (unpaired) electrons. The number of aryl methyl sites for hydroxylation is 2. The molecule has 0 saturated carbocycles. The Morgan fingerprint density at radius 1 is 1.31 bits per heavy atom. The van der Waals surface area contributed by atoms with Gasteiger partial charge in [0, 0.05) is 5.92 Å². The molecular formula is C14H19ClO. The van der Waals surface area contributed by atoms with Gasteiger partial charge in [0.15, 0.2) is 0 Å². The van der Waals surface area contributed by atoms with Crippen LogP contribution in [0.5, 0.6) is 0 Å². The molecule has 0 amide bonds. The predicted octanol–water partition coefficient (Wildman–Crippen LogP) is 4.01. The van der Waals surface area contributed by atoms with Crippen molar-refractivity contribution in [2.75, 3.05) is 6.61 Å². The van der Waals surface area contributed by atoms with Gasteiger partial charge in [0.1, 0.15) is 0 Å². The first-order chi connectivity index (χ1) is 7.58. The monoisotopic (exact) mass is 238 g/mol. The standard InChI is InChI=1S/C14H19ClO/c1-9-4-5-12(6-10(9)2)14(15)13-7-11(3)16-8-13/h4-6,11,13-14H,7-8H2,1-3H3. The summed E-state index contributed by atoms with van der Waals surface area (Å²) >= 11 is 6.52. The molecule has 0 bridgehead atoms. The van der Waals surface area contributed by atoms with Crippen molar-refractivity contribution < 1.29 is 4.74 Å². The minimum atomic E-state index is 0.0873. The molecule has 1 aromatic rings. The Balaban J connectivity index is 2.14. The molecule has 0 aromatic heterocycles. The number of halogens is 1. The van der Waals surface area contributed by atoms with Gasteiger partial charge in [-0.25, -0.2) is 0 Å². The van der Waals surface area contributed by atoms with Crippen LogP contribution < -0.4 is 0 Å². The van der Waals surface area contributed by atoms with Crippen molar-refractivity contribution in [1.82, 2.24) is 0 Å². The molecule has 2 rings (SSSR count). The lowest BCUT2D eigenvalue weighted by Gasteiger charge is -2.17. The second kappa shape index (κ2) is 4.77. The van der Waals surface area contributed by atoms with Crippen molar-refractivity contribution in [3.63, 3.8) is 0 Å². The van der Waals surface area contributed by atoms with E-state index in [2.05, 4.69) is 39.0 Å². The molecule has 1 saturated heterocycles. The van der Waals surface area contributed by atoms with E-state index >= 15 is 0 Å². The first kappa shape index (κ1) is 11.9. The van der Waals surface area contributed by atoms with Crippen LogP contribution in [-0.4, -0.2) is 12.7 Å². The number of ether oxygens (including phenoxy) is 1. The van der Waals surface area contributed by atoms with Crippen molar-refractivity contribution in [1.29, 1.82) is 0 Å². The van der Waals surface area contributed by atoms with Gasteiger partial charge in [0.25, 0.3) is 0 Å². The summed E-state index contributed by atoms with van der Waals surface area (Å²) < 4.78 is 5.58. The lowest BCUT2D eigenvalue weighted by molar-refractivity contribution is 0.120. The largest absolute Gasteiger partial charge is 0.378 e. The Kier molecular flexibility index (Phi) is 3.56. The molecule has 0 N–H and O–H groups in total. The number of benzene rings is 1. The first-order valence-electron chi connectivity index (χ1n) is 5.90. The smallest absolute Gasteiger partial charge is 0.0636 e. The average molecular weight is 239 g/mol. The topological polar surface area (TPSA) is 9.23 Å². The number of hydrogen-bond donors (Lipinski definition) is 0. The second-order valence-electron chi connectivity index (χ2n) is 4.89. The second-order valence-corrected chi connectivity index (χ2v) is 5.36. The van der Waals surface area contributed by atoms with E-state index in [1.54, 1.807) is 0 Å². The van der Waals surface area contributed by atoms with Gasteiger partial charge in [-0.2, -0.15) is 0 Å². The molecule has 0 spiro atoms. The third kappa shape index (κ3) is 2.41. The van der Waals surface area contributed by atoms with Crippen LogP contribution in [0.25, 0.3) is 0 Å². The highest BCUT2D eigenvalue weighted by Crippen LogP contribution is 2.36. The highest BCUT2D eigenvalue weighted by molar-refractivity contribution is 6.21. The average Bonchev–Trinajstić information content (AvgIpc) is 2.68. The maximum absolute atomic E-state index is 6.52. The first-order valence-corrected chi connectivity index (χ1v) is 6.34. The predicted molar refractivity (Wildman–Crippen MR) is 68.0 cm³/mol. The minimum Gasteiger partial charge on any atom is -0.378 e. The van der Waals surface area contributed by atoms with Crippen molar-refractivity contribution in [3.8, 4) is 0 Å². The summed E-state index contributed by atoms with van der Waals surface area (Å²) in [5.74, 6) is 0.457. The zero-order chi connectivity index (χ0) is 11.7. The van der Waals surface area contributed by atoms with Crippen LogP contribution in [0, 0.1) is 19.8 Å². The molecular weight excluding hydrogens is 220 g/mol. The molecule has 3 atom stereocenters. The fourth-order valence-electron chi connectivity index (χ4n) is 2.26. The van der Waals surface area contributed by atoms with Gasteiger partial charge in [0.2, 0.25) is 0 Å². The van der Waals surface area contributed by atoms with Crippen molar-refractivity contribution in [2.24, 2.45) is 5.92 Å². The van der Waals surface area contributed by atoms with Crippen molar-refractivity contribution in [3.05, 3.63) is 34.9 Å². The molecule has 1 heterocycles. The molecule has 16 heavy (non-hydrogen) atoms. The molecule has 1 nitrogen and oxygen atoms in total. The molecule has 3 unspecified atom stereocenters. The summed E-state index contributed by atoms with van der Waals surface area (Å²) in [5, 5.41) is 0.0873. The fourth-order valence-corrected chi connectivity index (χ4v) is 2.57. The Labute approximate surface area is 103 Å². The third-order valence-electron chi connectivity index (χ3n) is 3.49. The molecule has 1 fully saturated rings.